The molecule has 2 atom stereocenters. The Kier molecular flexibility index (Phi) is 6.61. The van der Waals surface area contributed by atoms with E-state index in [9.17, 15) is 9.00 Å². The van der Waals surface area contributed by atoms with E-state index < -0.39 is 11.0 Å². The number of anilines is 1. The maximum absolute atomic E-state index is 13.2. The molecule has 39 heavy (non-hydrogen) atoms. The third kappa shape index (κ3) is 4.59. The zero-order valence-electron chi connectivity index (χ0n) is 22.0. The number of hydrogen-bond acceptors (Lipinski definition) is 5. The Labute approximate surface area is 239 Å². The molecule has 2 aliphatic rings. The topological polar surface area (TPSA) is 95.9 Å². The van der Waals surface area contributed by atoms with E-state index in [1.165, 1.54) is 15.8 Å². The van der Waals surface area contributed by atoms with Gasteiger partial charge in [0.1, 0.15) is 11.1 Å². The summed E-state index contributed by atoms with van der Waals surface area (Å²) in [4.78, 5) is 24.5. The van der Waals surface area contributed by atoms with Crippen LogP contribution >= 0.6 is 23.2 Å². The molecule has 0 radical (unpaired) electrons. The molecule has 1 saturated heterocycles. The van der Waals surface area contributed by atoms with Crippen molar-refractivity contribution in [2.75, 3.05) is 18.0 Å². The van der Waals surface area contributed by atoms with Gasteiger partial charge >= 0.3 is 0 Å². The lowest BCUT2D eigenvalue weighted by atomic mass is 9.73. The number of H-pyrrole nitrogens is 1. The number of nitrogens with zero attached hydrogens (tertiary/aromatic N) is 4. The first kappa shape index (κ1) is 26.5. The summed E-state index contributed by atoms with van der Waals surface area (Å²) in [7, 11) is -1.19. The molecule has 1 aliphatic carbocycles. The second-order valence-corrected chi connectivity index (χ2v) is 14.2. The highest BCUT2D eigenvalue weighted by Crippen LogP contribution is 2.52. The van der Waals surface area contributed by atoms with Crippen LogP contribution in [0.3, 0.4) is 0 Å². The van der Waals surface area contributed by atoms with Crippen LogP contribution in [-0.2, 0) is 17.4 Å². The number of fused-ring (bicyclic) bond motifs is 2. The quantitative estimate of drug-likeness (QED) is 0.337. The fourth-order valence-corrected chi connectivity index (χ4v) is 7.29. The molecular formula is C28H30Cl2N6O2S. The van der Waals surface area contributed by atoms with Crippen LogP contribution in [0.2, 0.25) is 10.0 Å². The Morgan fingerprint density at radius 2 is 1.77 bits per heavy atom. The van der Waals surface area contributed by atoms with Crippen molar-refractivity contribution in [2.45, 2.75) is 50.8 Å². The van der Waals surface area contributed by atoms with Gasteiger partial charge < -0.3 is 4.90 Å². The van der Waals surface area contributed by atoms with Crippen LogP contribution in [0, 0.1) is 5.41 Å². The molecule has 1 fully saturated rings. The van der Waals surface area contributed by atoms with Crippen LogP contribution in [0.4, 0.5) is 5.95 Å². The van der Waals surface area contributed by atoms with Gasteiger partial charge in [-0.3, -0.25) is 9.89 Å². The van der Waals surface area contributed by atoms with Gasteiger partial charge in [0.25, 0.3) is 5.56 Å². The minimum atomic E-state index is -1.19. The number of para-hydroxylation sites is 1. The number of aromatic nitrogens is 4. The molecule has 11 heteroatoms. The normalized spacial score (nSPS) is 19.5. The lowest BCUT2D eigenvalue weighted by Crippen LogP contribution is -2.48. The Morgan fingerprint density at radius 3 is 2.46 bits per heavy atom. The number of piperidine rings is 1. The summed E-state index contributed by atoms with van der Waals surface area (Å²) in [6.07, 6.45) is 4.30. The first-order valence-corrected chi connectivity index (χ1v) is 14.9. The molecular weight excluding hydrogens is 555 g/mol. The first-order chi connectivity index (χ1) is 18.6. The van der Waals surface area contributed by atoms with Crippen LogP contribution in [0.5, 0.6) is 0 Å². The van der Waals surface area contributed by atoms with Gasteiger partial charge in [0.2, 0.25) is 5.95 Å². The number of halogens is 2. The number of aromatic amines is 1. The first-order valence-electron chi connectivity index (χ1n) is 13.0. The van der Waals surface area contributed by atoms with E-state index in [1.807, 2.05) is 20.8 Å². The number of rotatable bonds is 4. The molecule has 1 spiro atoms. The molecule has 2 aromatic heterocycles. The van der Waals surface area contributed by atoms with Gasteiger partial charge in [-0.1, -0.05) is 53.5 Å². The largest absolute Gasteiger partial charge is 0.341 e. The van der Waals surface area contributed by atoms with Crippen molar-refractivity contribution in [1.29, 1.82) is 0 Å². The predicted octanol–water partition coefficient (Wildman–Crippen LogP) is 5.35. The van der Waals surface area contributed by atoms with Crippen LogP contribution in [0.25, 0.3) is 16.7 Å². The van der Waals surface area contributed by atoms with Crippen molar-refractivity contribution in [3.63, 3.8) is 0 Å². The third-order valence-corrected chi connectivity index (χ3v) is 10.1. The van der Waals surface area contributed by atoms with E-state index in [0.29, 0.717) is 32.7 Å². The van der Waals surface area contributed by atoms with E-state index in [4.69, 9.17) is 28.2 Å². The van der Waals surface area contributed by atoms with Gasteiger partial charge in [-0.15, -0.1) is 0 Å². The minimum Gasteiger partial charge on any atom is -0.341 e. The average molecular weight is 586 g/mol. The Morgan fingerprint density at radius 1 is 1.08 bits per heavy atom. The van der Waals surface area contributed by atoms with Gasteiger partial charge in [-0.2, -0.15) is 4.98 Å². The summed E-state index contributed by atoms with van der Waals surface area (Å²) < 4.78 is 17.6. The molecule has 4 aromatic rings. The van der Waals surface area contributed by atoms with Gasteiger partial charge in [0, 0.05) is 19.3 Å². The summed E-state index contributed by atoms with van der Waals surface area (Å²) in [6, 6.07) is 13.6. The van der Waals surface area contributed by atoms with Crippen molar-refractivity contribution in [3.8, 4) is 5.69 Å². The molecule has 1 aliphatic heterocycles. The lowest BCUT2D eigenvalue weighted by Gasteiger charge is -2.44. The zero-order chi connectivity index (χ0) is 27.5. The van der Waals surface area contributed by atoms with Crippen LogP contribution < -0.4 is 15.2 Å². The molecule has 2 aromatic carbocycles. The highest BCUT2D eigenvalue weighted by Gasteiger charge is 2.49. The lowest BCUT2D eigenvalue weighted by molar-refractivity contribution is 0.177. The summed E-state index contributed by atoms with van der Waals surface area (Å²) in [5.41, 5.74) is 3.03. The van der Waals surface area contributed by atoms with Crippen LogP contribution in [0.15, 0.2) is 53.5 Å². The second-order valence-electron chi connectivity index (χ2n) is 11.4. The van der Waals surface area contributed by atoms with E-state index in [1.54, 1.807) is 24.4 Å². The van der Waals surface area contributed by atoms with Crippen LogP contribution in [0.1, 0.15) is 50.8 Å². The molecule has 0 amide bonds. The van der Waals surface area contributed by atoms with E-state index in [0.717, 1.165) is 32.4 Å². The number of benzene rings is 2. The molecule has 3 heterocycles. The van der Waals surface area contributed by atoms with Gasteiger partial charge in [0.05, 0.1) is 31.8 Å². The maximum atomic E-state index is 13.2. The fourth-order valence-electron chi connectivity index (χ4n) is 5.78. The SMILES string of the molecule is CC(C)(C)S(=O)N[C@@H]1c2ccccc2CC12CCN(c1ncc3c(=O)n(-c4c(Cl)cccc4Cl)[nH]c3n1)CC2. The molecule has 204 valence electrons. The number of hydrogen-bond donors (Lipinski definition) is 2. The molecule has 8 nitrogen and oxygen atoms in total. The van der Waals surface area contributed by atoms with Gasteiger partial charge in [-0.25, -0.2) is 18.6 Å². The van der Waals surface area contributed by atoms with Crippen molar-refractivity contribution < 1.29 is 4.21 Å². The van der Waals surface area contributed by atoms with Crippen molar-refractivity contribution in [1.82, 2.24) is 24.5 Å². The van der Waals surface area contributed by atoms with E-state index in [-0.39, 0.29) is 21.8 Å². The van der Waals surface area contributed by atoms with Crippen molar-refractivity contribution in [3.05, 3.63) is 80.2 Å². The predicted molar refractivity (Wildman–Crippen MR) is 157 cm³/mol. The fraction of sp³-hybridized carbons (Fsp3) is 0.393. The average Bonchev–Trinajstić information content (AvgIpc) is 3.38. The molecule has 2 N–H and O–H groups in total. The monoisotopic (exact) mass is 584 g/mol. The zero-order valence-corrected chi connectivity index (χ0v) is 24.3. The maximum Gasteiger partial charge on any atom is 0.282 e. The molecule has 0 bridgehead atoms. The van der Waals surface area contributed by atoms with E-state index >= 15 is 0 Å². The Hall–Kier alpha value is -2.72. The van der Waals surface area contributed by atoms with Gasteiger partial charge in [0.15, 0.2) is 5.65 Å². The molecule has 6 rings (SSSR count). The third-order valence-electron chi connectivity index (χ3n) is 7.93. The highest BCUT2D eigenvalue weighted by atomic mass is 35.5. The Bertz CT molecular complexity index is 1630. The van der Waals surface area contributed by atoms with Gasteiger partial charge in [-0.05, 0) is 68.7 Å². The summed E-state index contributed by atoms with van der Waals surface area (Å²) in [5.74, 6) is 0.564. The summed E-state index contributed by atoms with van der Waals surface area (Å²) in [5, 5.41) is 4.14. The van der Waals surface area contributed by atoms with E-state index in [2.05, 4.69) is 44.0 Å². The highest BCUT2D eigenvalue weighted by molar-refractivity contribution is 7.84. The van der Waals surface area contributed by atoms with Crippen molar-refractivity contribution >= 4 is 51.2 Å². The van der Waals surface area contributed by atoms with Crippen LogP contribution in [-0.4, -0.2) is 41.8 Å². The standard InChI is InChI=1S/C28H30Cl2N6O2S/c1-27(2,3)39(38)34-23-18-8-5-4-7-17(18)15-28(23)11-13-35(14-12-28)26-31-16-19-24(32-26)33-36(25(19)37)22-20(29)9-6-10-21(22)30/h4-10,16,23,34H,11-15H2,1-3H3,(H,31,32,33)/t23-,39?/m1/s1. The Balaban J connectivity index is 1.27. The second kappa shape index (κ2) is 9.73. The molecule has 0 saturated carbocycles. The summed E-state index contributed by atoms with van der Waals surface area (Å²) >= 11 is 12.7. The smallest absolute Gasteiger partial charge is 0.282 e. The minimum absolute atomic E-state index is 0.0186. The summed E-state index contributed by atoms with van der Waals surface area (Å²) in [6.45, 7) is 7.49. The molecule has 1 unspecified atom stereocenters. The van der Waals surface area contributed by atoms with Crippen molar-refractivity contribution in [2.24, 2.45) is 5.41 Å². The number of nitrogens with one attached hydrogen (secondary N) is 2.